The van der Waals surface area contributed by atoms with Crippen molar-refractivity contribution in [1.82, 2.24) is 0 Å². The Morgan fingerprint density at radius 2 is 2.00 bits per heavy atom. The molecule has 0 rings (SSSR count). The first-order valence-electron chi connectivity index (χ1n) is 4.71. The molecule has 0 aliphatic carbocycles. The molecule has 76 valence electrons. The van der Waals surface area contributed by atoms with Crippen molar-refractivity contribution in [2.24, 2.45) is 5.92 Å². The summed E-state index contributed by atoms with van der Waals surface area (Å²) in [7, 11) is 0. The Labute approximate surface area is 79.5 Å². The van der Waals surface area contributed by atoms with Crippen molar-refractivity contribution >= 4 is 11.8 Å². The topological polar surface area (TPSA) is 43.4 Å². The number of ether oxygens (including phenoxy) is 1. The molecule has 0 radical (unpaired) electrons. The highest BCUT2D eigenvalue weighted by atomic mass is 16.5. The molecule has 3 heteroatoms. The summed E-state index contributed by atoms with van der Waals surface area (Å²) in [6.07, 6.45) is 1.76. The van der Waals surface area contributed by atoms with Crippen molar-refractivity contribution in [1.29, 1.82) is 0 Å². The fourth-order valence-corrected chi connectivity index (χ4v) is 1.07. The molecule has 0 aliphatic rings. The van der Waals surface area contributed by atoms with Crippen LogP contribution >= 0.6 is 0 Å². The normalized spacial score (nSPS) is 12.2. The van der Waals surface area contributed by atoms with Crippen LogP contribution in [0, 0.1) is 5.92 Å². The number of carbonyl (C=O) groups is 2. The van der Waals surface area contributed by atoms with E-state index in [0.717, 1.165) is 6.42 Å². The number of rotatable bonds is 6. The molecule has 0 aromatic rings. The highest BCUT2D eigenvalue weighted by molar-refractivity contribution is 5.75. The van der Waals surface area contributed by atoms with E-state index in [1.165, 1.54) is 0 Å². The summed E-state index contributed by atoms with van der Waals surface area (Å²) in [4.78, 5) is 21.4. The molecule has 0 saturated carbocycles. The molecule has 0 heterocycles. The van der Waals surface area contributed by atoms with Gasteiger partial charge in [0.25, 0.3) is 0 Å². The molecule has 0 saturated heterocycles. The maximum absolute atomic E-state index is 10.7. The van der Waals surface area contributed by atoms with Gasteiger partial charge in [0.1, 0.15) is 5.78 Å². The number of Topliss-reactive ketones (excluding diaryl/α,β-unsaturated/α-hetero) is 1. The van der Waals surface area contributed by atoms with Crippen LogP contribution in [-0.2, 0) is 14.3 Å². The van der Waals surface area contributed by atoms with Crippen LogP contribution in [0.15, 0.2) is 0 Å². The van der Waals surface area contributed by atoms with Gasteiger partial charge in [-0.1, -0.05) is 13.8 Å². The Kier molecular flexibility index (Phi) is 6.20. The lowest BCUT2D eigenvalue weighted by Gasteiger charge is -2.08. The minimum atomic E-state index is -0.171. The monoisotopic (exact) mass is 186 g/mol. The molecule has 0 aliphatic heterocycles. The van der Waals surface area contributed by atoms with E-state index in [4.69, 9.17) is 4.74 Å². The molecular formula is C10H18O3. The van der Waals surface area contributed by atoms with Gasteiger partial charge in [-0.3, -0.25) is 4.79 Å². The van der Waals surface area contributed by atoms with E-state index < -0.39 is 0 Å². The Morgan fingerprint density at radius 3 is 2.46 bits per heavy atom. The van der Waals surface area contributed by atoms with Crippen molar-refractivity contribution in [2.75, 3.05) is 6.61 Å². The van der Waals surface area contributed by atoms with E-state index in [9.17, 15) is 9.59 Å². The van der Waals surface area contributed by atoms with Crippen LogP contribution in [0.25, 0.3) is 0 Å². The average Bonchev–Trinajstić information content (AvgIpc) is 2.02. The molecule has 0 fully saturated rings. The predicted octanol–water partition coefficient (Wildman–Crippen LogP) is 1.94. The van der Waals surface area contributed by atoms with Gasteiger partial charge >= 0.3 is 5.97 Å². The van der Waals surface area contributed by atoms with E-state index in [0.29, 0.717) is 25.4 Å². The second-order valence-electron chi connectivity index (χ2n) is 3.37. The van der Waals surface area contributed by atoms with Gasteiger partial charge in [-0.05, 0) is 19.3 Å². The minimum absolute atomic E-state index is 0.171. The number of carbonyl (C=O) groups excluding carboxylic acids is 2. The van der Waals surface area contributed by atoms with Crippen molar-refractivity contribution in [3.05, 3.63) is 0 Å². The highest BCUT2D eigenvalue weighted by Gasteiger charge is 2.06. The fourth-order valence-electron chi connectivity index (χ4n) is 1.07. The van der Waals surface area contributed by atoms with Crippen molar-refractivity contribution < 1.29 is 14.3 Å². The second kappa shape index (κ2) is 6.63. The van der Waals surface area contributed by atoms with E-state index in [1.807, 2.05) is 6.92 Å². The Balaban J connectivity index is 3.42. The summed E-state index contributed by atoms with van der Waals surface area (Å²) in [6, 6.07) is 0. The quantitative estimate of drug-likeness (QED) is 0.595. The third-order valence-corrected chi connectivity index (χ3v) is 1.80. The zero-order valence-electron chi connectivity index (χ0n) is 8.63. The van der Waals surface area contributed by atoms with E-state index >= 15 is 0 Å². The zero-order valence-corrected chi connectivity index (χ0v) is 8.63. The van der Waals surface area contributed by atoms with E-state index in [-0.39, 0.29) is 11.8 Å². The number of hydrogen-bond donors (Lipinski definition) is 0. The van der Waals surface area contributed by atoms with Gasteiger partial charge in [-0.2, -0.15) is 0 Å². The largest absolute Gasteiger partial charge is 0.466 e. The SMILES string of the molecule is CCC(=O)OCC[C@@H](C)CC(C)=O. The number of ketones is 1. The minimum Gasteiger partial charge on any atom is -0.466 e. The molecule has 0 aromatic heterocycles. The Hall–Kier alpha value is -0.860. The van der Waals surface area contributed by atoms with Gasteiger partial charge in [0, 0.05) is 12.8 Å². The summed E-state index contributed by atoms with van der Waals surface area (Å²) < 4.78 is 4.89. The maximum Gasteiger partial charge on any atom is 0.305 e. The maximum atomic E-state index is 10.7. The molecule has 13 heavy (non-hydrogen) atoms. The number of esters is 1. The van der Waals surface area contributed by atoms with Crippen LogP contribution < -0.4 is 0 Å². The molecule has 1 atom stereocenters. The van der Waals surface area contributed by atoms with Crippen LogP contribution in [0.4, 0.5) is 0 Å². The van der Waals surface area contributed by atoms with Gasteiger partial charge in [-0.25, -0.2) is 0 Å². The van der Waals surface area contributed by atoms with Crippen LogP contribution in [0.2, 0.25) is 0 Å². The molecule has 0 amide bonds. The first-order valence-corrected chi connectivity index (χ1v) is 4.71. The standard InChI is InChI=1S/C10H18O3/c1-4-10(12)13-6-5-8(2)7-9(3)11/h8H,4-7H2,1-3H3/t8-/m1/s1. The van der Waals surface area contributed by atoms with E-state index in [1.54, 1.807) is 13.8 Å². The predicted molar refractivity (Wildman–Crippen MR) is 50.3 cm³/mol. The fraction of sp³-hybridized carbons (Fsp3) is 0.800. The lowest BCUT2D eigenvalue weighted by molar-refractivity contribution is -0.143. The molecular weight excluding hydrogens is 168 g/mol. The molecule has 0 unspecified atom stereocenters. The third kappa shape index (κ3) is 7.50. The van der Waals surface area contributed by atoms with Crippen LogP contribution in [0.5, 0.6) is 0 Å². The third-order valence-electron chi connectivity index (χ3n) is 1.80. The van der Waals surface area contributed by atoms with Crippen molar-refractivity contribution in [3.8, 4) is 0 Å². The van der Waals surface area contributed by atoms with Gasteiger partial charge in [0.05, 0.1) is 6.61 Å². The van der Waals surface area contributed by atoms with Crippen LogP contribution in [0.3, 0.4) is 0 Å². The summed E-state index contributed by atoms with van der Waals surface area (Å²) in [5.74, 6) is 0.325. The number of hydrogen-bond acceptors (Lipinski definition) is 3. The molecule has 3 nitrogen and oxygen atoms in total. The molecule has 0 bridgehead atoms. The summed E-state index contributed by atoms with van der Waals surface area (Å²) in [5.41, 5.74) is 0. The lowest BCUT2D eigenvalue weighted by atomic mass is 10.0. The Bertz CT molecular complexity index is 175. The molecule has 0 N–H and O–H groups in total. The molecule has 0 spiro atoms. The highest BCUT2D eigenvalue weighted by Crippen LogP contribution is 2.07. The first kappa shape index (κ1) is 12.1. The smallest absolute Gasteiger partial charge is 0.305 e. The van der Waals surface area contributed by atoms with Crippen molar-refractivity contribution in [2.45, 2.75) is 40.0 Å². The van der Waals surface area contributed by atoms with Crippen LogP contribution in [0.1, 0.15) is 40.0 Å². The van der Waals surface area contributed by atoms with Gasteiger partial charge in [-0.15, -0.1) is 0 Å². The second-order valence-corrected chi connectivity index (χ2v) is 3.37. The van der Waals surface area contributed by atoms with E-state index in [2.05, 4.69) is 0 Å². The summed E-state index contributed by atoms with van der Waals surface area (Å²) in [6.45, 7) is 5.76. The van der Waals surface area contributed by atoms with Crippen LogP contribution in [-0.4, -0.2) is 18.4 Å². The lowest BCUT2D eigenvalue weighted by Crippen LogP contribution is -2.09. The average molecular weight is 186 g/mol. The summed E-state index contributed by atoms with van der Waals surface area (Å²) in [5, 5.41) is 0. The van der Waals surface area contributed by atoms with Gasteiger partial charge in [0.2, 0.25) is 0 Å². The van der Waals surface area contributed by atoms with Gasteiger partial charge in [0.15, 0.2) is 0 Å². The molecule has 0 aromatic carbocycles. The van der Waals surface area contributed by atoms with Gasteiger partial charge < -0.3 is 9.53 Å². The Morgan fingerprint density at radius 1 is 1.38 bits per heavy atom. The first-order chi connectivity index (χ1) is 6.06. The zero-order chi connectivity index (χ0) is 10.3. The van der Waals surface area contributed by atoms with Crippen molar-refractivity contribution in [3.63, 3.8) is 0 Å². The summed E-state index contributed by atoms with van der Waals surface area (Å²) >= 11 is 0.